The number of benzene rings is 2. The summed E-state index contributed by atoms with van der Waals surface area (Å²) in [6, 6.07) is 16.0. The summed E-state index contributed by atoms with van der Waals surface area (Å²) in [5.74, 6) is -2.53. The average molecular weight is 530 g/mol. The van der Waals surface area contributed by atoms with E-state index >= 15 is 0 Å². The Labute approximate surface area is 226 Å². The van der Waals surface area contributed by atoms with Crippen LogP contribution in [-0.2, 0) is 19.9 Å². The Balaban J connectivity index is 1.46. The molecule has 0 aliphatic carbocycles. The predicted molar refractivity (Wildman–Crippen MR) is 145 cm³/mol. The van der Waals surface area contributed by atoms with Crippen LogP contribution in [0.1, 0.15) is 35.9 Å². The molecule has 1 N–H and O–H groups in total. The number of carbonyl (C=O) groups excluding carboxylic acids is 3. The summed E-state index contributed by atoms with van der Waals surface area (Å²) in [4.78, 5) is 47.6. The molecule has 1 unspecified atom stereocenters. The van der Waals surface area contributed by atoms with Gasteiger partial charge in [0, 0.05) is 43.7 Å². The number of anilines is 1. The summed E-state index contributed by atoms with van der Waals surface area (Å²) < 4.78 is 11.3. The standard InChI is InChI=1S/C30H31N3O6/c1-2-12-32-22-10-5-4-9-21(22)30(29(32)37)25(26(34)24-19-20-8-3-6-11-23(20)39-24)27(35)28(36)33(30)14-7-13-31-15-17-38-18-16-31/h3-6,8-11,19,35H,2,7,12-18H2,1H3. The second-order valence-electron chi connectivity index (χ2n) is 10.1. The van der Waals surface area contributed by atoms with Gasteiger partial charge in [-0.25, -0.2) is 0 Å². The maximum atomic E-state index is 14.4. The highest BCUT2D eigenvalue weighted by atomic mass is 16.5. The molecule has 1 spiro atoms. The van der Waals surface area contributed by atoms with Crippen LogP contribution >= 0.6 is 0 Å². The summed E-state index contributed by atoms with van der Waals surface area (Å²) in [5.41, 5.74) is -0.346. The molecule has 4 heterocycles. The van der Waals surface area contributed by atoms with E-state index in [0.29, 0.717) is 61.4 Å². The molecular weight excluding hydrogens is 498 g/mol. The number of para-hydroxylation sites is 2. The Kier molecular flexibility index (Phi) is 6.48. The molecule has 6 rings (SSSR count). The molecule has 9 nitrogen and oxygen atoms in total. The van der Waals surface area contributed by atoms with Gasteiger partial charge in [0.1, 0.15) is 5.58 Å². The highest BCUT2D eigenvalue weighted by Gasteiger charge is 2.65. The van der Waals surface area contributed by atoms with Crippen molar-refractivity contribution in [3.05, 3.63) is 77.3 Å². The molecule has 1 aromatic heterocycles. The molecule has 0 radical (unpaired) electrons. The van der Waals surface area contributed by atoms with Gasteiger partial charge in [-0.05, 0) is 31.0 Å². The van der Waals surface area contributed by atoms with E-state index in [1.807, 2.05) is 31.2 Å². The minimum atomic E-state index is -1.77. The minimum absolute atomic E-state index is 0.0284. The molecule has 202 valence electrons. The fourth-order valence-electron chi connectivity index (χ4n) is 6.11. The number of furan rings is 1. The van der Waals surface area contributed by atoms with Crippen LogP contribution in [0.2, 0.25) is 0 Å². The van der Waals surface area contributed by atoms with Crippen molar-refractivity contribution >= 4 is 34.3 Å². The van der Waals surface area contributed by atoms with Gasteiger partial charge in [0.05, 0.1) is 24.5 Å². The summed E-state index contributed by atoms with van der Waals surface area (Å²) in [5, 5.41) is 12.0. The number of amides is 2. The Morgan fingerprint density at radius 1 is 1.00 bits per heavy atom. The fourth-order valence-corrected chi connectivity index (χ4v) is 6.11. The van der Waals surface area contributed by atoms with Crippen LogP contribution in [-0.4, -0.2) is 78.4 Å². The minimum Gasteiger partial charge on any atom is -0.503 e. The van der Waals surface area contributed by atoms with E-state index in [4.69, 9.17) is 9.15 Å². The Bertz CT molecular complexity index is 1450. The van der Waals surface area contributed by atoms with E-state index in [-0.39, 0.29) is 17.9 Å². The van der Waals surface area contributed by atoms with Crippen molar-refractivity contribution in [2.75, 3.05) is 50.8 Å². The number of hydrogen-bond acceptors (Lipinski definition) is 7. The first-order valence-corrected chi connectivity index (χ1v) is 13.5. The lowest BCUT2D eigenvalue weighted by Gasteiger charge is -2.36. The summed E-state index contributed by atoms with van der Waals surface area (Å²) in [6.45, 7) is 6.18. The first-order valence-electron chi connectivity index (χ1n) is 13.5. The monoisotopic (exact) mass is 529 g/mol. The van der Waals surface area contributed by atoms with Gasteiger partial charge >= 0.3 is 0 Å². The molecule has 2 amide bonds. The topological polar surface area (TPSA) is 104 Å². The molecule has 1 saturated heterocycles. The van der Waals surface area contributed by atoms with Gasteiger partial charge in [-0.1, -0.05) is 43.3 Å². The second-order valence-corrected chi connectivity index (χ2v) is 10.1. The van der Waals surface area contributed by atoms with Gasteiger partial charge in [0.25, 0.3) is 11.8 Å². The van der Waals surface area contributed by atoms with Crippen molar-refractivity contribution in [2.45, 2.75) is 25.3 Å². The van der Waals surface area contributed by atoms with Gasteiger partial charge in [-0.2, -0.15) is 0 Å². The molecule has 3 aromatic rings. The largest absolute Gasteiger partial charge is 0.503 e. The second kappa shape index (κ2) is 9.98. The number of hydrogen-bond donors (Lipinski definition) is 1. The van der Waals surface area contributed by atoms with Gasteiger partial charge in [0.15, 0.2) is 17.1 Å². The molecular formula is C30H31N3O6. The third-order valence-electron chi connectivity index (χ3n) is 7.87. The van der Waals surface area contributed by atoms with Crippen LogP contribution in [0.3, 0.4) is 0 Å². The Hall–Kier alpha value is -3.95. The number of carbonyl (C=O) groups is 3. The number of Topliss-reactive ketones (excluding diaryl/α,β-unsaturated/α-hetero) is 1. The molecule has 39 heavy (non-hydrogen) atoms. The molecule has 9 heteroatoms. The van der Waals surface area contributed by atoms with Crippen molar-refractivity contribution in [1.82, 2.24) is 9.80 Å². The fraction of sp³-hybridized carbons (Fsp3) is 0.367. The number of morpholine rings is 1. The summed E-state index contributed by atoms with van der Waals surface area (Å²) in [7, 11) is 0. The lowest BCUT2D eigenvalue weighted by molar-refractivity contribution is -0.140. The Morgan fingerprint density at radius 3 is 2.51 bits per heavy atom. The predicted octanol–water partition coefficient (Wildman–Crippen LogP) is 3.64. The van der Waals surface area contributed by atoms with Crippen molar-refractivity contribution in [2.24, 2.45) is 0 Å². The maximum Gasteiger partial charge on any atom is 0.290 e. The highest BCUT2D eigenvalue weighted by molar-refractivity contribution is 6.26. The van der Waals surface area contributed by atoms with Crippen LogP contribution < -0.4 is 4.90 Å². The number of fused-ring (bicyclic) bond motifs is 3. The normalized spacial score (nSPS) is 21.6. The van der Waals surface area contributed by atoms with Crippen molar-refractivity contribution < 1.29 is 28.6 Å². The number of nitrogens with zero attached hydrogens (tertiary/aromatic N) is 3. The Morgan fingerprint density at radius 2 is 1.74 bits per heavy atom. The van der Waals surface area contributed by atoms with Crippen molar-refractivity contribution in [3.63, 3.8) is 0 Å². The van der Waals surface area contributed by atoms with E-state index in [9.17, 15) is 19.5 Å². The number of rotatable bonds is 8. The van der Waals surface area contributed by atoms with Gasteiger partial charge in [0.2, 0.25) is 5.78 Å². The first-order chi connectivity index (χ1) is 19.0. The maximum absolute atomic E-state index is 14.4. The van der Waals surface area contributed by atoms with E-state index in [1.165, 1.54) is 4.90 Å². The van der Waals surface area contributed by atoms with E-state index < -0.39 is 28.9 Å². The highest BCUT2D eigenvalue weighted by Crippen LogP contribution is 2.53. The zero-order chi connectivity index (χ0) is 27.1. The number of aliphatic hydroxyl groups excluding tert-OH is 1. The van der Waals surface area contributed by atoms with Crippen LogP contribution in [0.4, 0.5) is 5.69 Å². The van der Waals surface area contributed by atoms with Crippen molar-refractivity contribution in [1.29, 1.82) is 0 Å². The number of aliphatic hydroxyl groups is 1. The molecule has 1 atom stereocenters. The third kappa shape index (κ3) is 3.87. The van der Waals surface area contributed by atoms with Crippen LogP contribution in [0.5, 0.6) is 0 Å². The molecule has 0 bridgehead atoms. The van der Waals surface area contributed by atoms with Crippen LogP contribution in [0.15, 0.2) is 70.3 Å². The van der Waals surface area contributed by atoms with E-state index in [2.05, 4.69) is 4.90 Å². The third-order valence-corrected chi connectivity index (χ3v) is 7.87. The summed E-state index contributed by atoms with van der Waals surface area (Å²) in [6.07, 6.45) is 1.25. The van der Waals surface area contributed by atoms with Gasteiger partial charge < -0.3 is 24.1 Å². The SMILES string of the molecule is CCCN1C(=O)C2(C(C(=O)c3cc4ccccc4o3)=C(O)C(=O)N2CCCN2CCOCC2)c2ccccc21. The molecule has 3 aliphatic rings. The molecule has 3 aliphatic heterocycles. The van der Waals surface area contributed by atoms with Crippen LogP contribution in [0.25, 0.3) is 11.0 Å². The zero-order valence-electron chi connectivity index (χ0n) is 21.9. The van der Waals surface area contributed by atoms with E-state index in [0.717, 1.165) is 13.1 Å². The number of ether oxygens (including phenoxy) is 1. The smallest absolute Gasteiger partial charge is 0.290 e. The lowest BCUT2D eigenvalue weighted by atomic mass is 9.81. The van der Waals surface area contributed by atoms with Gasteiger partial charge in [-0.15, -0.1) is 0 Å². The quantitative estimate of drug-likeness (QED) is 0.445. The van der Waals surface area contributed by atoms with Crippen molar-refractivity contribution in [3.8, 4) is 0 Å². The lowest BCUT2D eigenvalue weighted by Crippen LogP contribution is -2.54. The molecule has 2 aromatic carbocycles. The van der Waals surface area contributed by atoms with E-state index in [1.54, 1.807) is 35.2 Å². The molecule has 1 fully saturated rings. The first kappa shape index (κ1) is 25.3. The summed E-state index contributed by atoms with van der Waals surface area (Å²) >= 11 is 0. The number of ketones is 1. The van der Waals surface area contributed by atoms with Gasteiger partial charge in [-0.3, -0.25) is 19.3 Å². The molecule has 0 saturated carbocycles. The average Bonchev–Trinajstić information content (AvgIpc) is 3.57. The van der Waals surface area contributed by atoms with Crippen LogP contribution in [0, 0.1) is 0 Å². The zero-order valence-corrected chi connectivity index (χ0v) is 21.9.